The van der Waals surface area contributed by atoms with Crippen molar-refractivity contribution in [3.63, 3.8) is 0 Å². The van der Waals surface area contributed by atoms with E-state index in [4.69, 9.17) is 0 Å². The molecular formula is C23H26N4O2. The Morgan fingerprint density at radius 2 is 1.69 bits per heavy atom. The molecule has 1 N–H and O–H groups in total. The van der Waals surface area contributed by atoms with Gasteiger partial charge in [-0.3, -0.25) is 9.59 Å². The molecular weight excluding hydrogens is 364 g/mol. The highest BCUT2D eigenvalue weighted by Gasteiger charge is 2.08. The largest absolute Gasteiger partial charge is 0.370 e. The van der Waals surface area contributed by atoms with Gasteiger partial charge in [-0.15, -0.1) is 0 Å². The molecule has 0 atom stereocenters. The highest BCUT2D eigenvalue weighted by Crippen LogP contribution is 2.14. The van der Waals surface area contributed by atoms with Gasteiger partial charge in [0.05, 0.1) is 12.2 Å². The fourth-order valence-electron chi connectivity index (χ4n) is 3.11. The predicted octanol–water partition coefficient (Wildman–Crippen LogP) is 2.94. The van der Waals surface area contributed by atoms with Crippen molar-refractivity contribution >= 4 is 11.6 Å². The van der Waals surface area contributed by atoms with Gasteiger partial charge < -0.3 is 10.2 Å². The van der Waals surface area contributed by atoms with Crippen molar-refractivity contribution in [1.29, 1.82) is 0 Å². The fourth-order valence-corrected chi connectivity index (χ4v) is 3.11. The van der Waals surface area contributed by atoms with Crippen LogP contribution in [0.5, 0.6) is 0 Å². The average Bonchev–Trinajstić information content (AvgIpc) is 2.77. The van der Waals surface area contributed by atoms with Crippen LogP contribution in [-0.2, 0) is 11.3 Å². The summed E-state index contributed by atoms with van der Waals surface area (Å²) in [7, 11) is 0. The molecule has 6 nitrogen and oxygen atoms in total. The molecule has 0 saturated carbocycles. The number of rotatable bonds is 9. The van der Waals surface area contributed by atoms with E-state index in [0.717, 1.165) is 24.3 Å². The Balaban J connectivity index is 1.51. The number of nitrogens with one attached hydrogen (secondary N) is 1. The van der Waals surface area contributed by atoms with Crippen LogP contribution in [0, 0.1) is 0 Å². The number of amides is 1. The number of hydrogen-bond donors (Lipinski definition) is 1. The summed E-state index contributed by atoms with van der Waals surface area (Å²) >= 11 is 0. The van der Waals surface area contributed by atoms with E-state index in [9.17, 15) is 9.59 Å². The lowest BCUT2D eigenvalue weighted by atomic mass is 10.1. The smallest absolute Gasteiger partial charge is 0.266 e. The van der Waals surface area contributed by atoms with Gasteiger partial charge in [0, 0.05) is 43.4 Å². The molecule has 6 heteroatoms. The Morgan fingerprint density at radius 1 is 1.00 bits per heavy atom. The molecule has 0 aliphatic rings. The number of para-hydroxylation sites is 1. The number of hydrogen-bond acceptors (Lipinski definition) is 4. The van der Waals surface area contributed by atoms with Gasteiger partial charge in [-0.25, -0.2) is 4.68 Å². The third kappa shape index (κ3) is 5.78. The van der Waals surface area contributed by atoms with Crippen LogP contribution in [-0.4, -0.2) is 35.3 Å². The molecule has 29 heavy (non-hydrogen) atoms. The van der Waals surface area contributed by atoms with E-state index in [2.05, 4.69) is 34.4 Å². The Hall–Kier alpha value is -3.41. The first-order valence-electron chi connectivity index (χ1n) is 9.87. The zero-order valence-corrected chi connectivity index (χ0v) is 16.6. The van der Waals surface area contributed by atoms with E-state index in [1.54, 1.807) is 6.07 Å². The highest BCUT2D eigenvalue weighted by molar-refractivity contribution is 5.75. The minimum atomic E-state index is -0.210. The zero-order valence-electron chi connectivity index (χ0n) is 16.6. The van der Waals surface area contributed by atoms with Gasteiger partial charge in [-0.2, -0.15) is 5.10 Å². The lowest BCUT2D eigenvalue weighted by molar-refractivity contribution is -0.121. The maximum Gasteiger partial charge on any atom is 0.266 e. The number of nitrogens with zero attached hydrogens (tertiary/aromatic N) is 3. The summed E-state index contributed by atoms with van der Waals surface area (Å²) in [5.41, 5.74) is 2.58. The van der Waals surface area contributed by atoms with Gasteiger partial charge in [-0.05, 0) is 25.1 Å². The van der Waals surface area contributed by atoms with Gasteiger partial charge in [0.2, 0.25) is 5.91 Å². The number of likely N-dealkylation sites (N-methyl/N-ethyl adjacent to an activating group) is 1. The Bertz CT molecular complexity index is 971. The Labute approximate surface area is 170 Å². The first-order valence-corrected chi connectivity index (χ1v) is 9.87. The molecule has 0 fully saturated rings. The lowest BCUT2D eigenvalue weighted by Gasteiger charge is -2.23. The predicted molar refractivity (Wildman–Crippen MR) is 116 cm³/mol. The topological polar surface area (TPSA) is 67.2 Å². The molecule has 0 spiro atoms. The normalized spacial score (nSPS) is 10.5. The molecule has 3 rings (SSSR count). The van der Waals surface area contributed by atoms with Gasteiger partial charge >= 0.3 is 0 Å². The molecule has 0 bridgehead atoms. The first kappa shape index (κ1) is 20.3. The van der Waals surface area contributed by atoms with Gasteiger partial charge in [0.15, 0.2) is 0 Å². The third-order valence-corrected chi connectivity index (χ3v) is 4.69. The van der Waals surface area contributed by atoms with Crippen molar-refractivity contribution in [1.82, 2.24) is 15.1 Å². The number of anilines is 1. The number of carbonyl (C=O) groups excluding carboxylic acids is 1. The third-order valence-electron chi connectivity index (χ3n) is 4.69. The summed E-state index contributed by atoms with van der Waals surface area (Å²) < 4.78 is 1.35. The Morgan fingerprint density at radius 3 is 2.38 bits per heavy atom. The first-order chi connectivity index (χ1) is 14.2. The molecule has 0 aliphatic heterocycles. The standard InChI is InChI=1S/C23H26N4O2/c1-2-26(20-11-7-4-8-12-20)18-16-24-22(28)15-17-27-23(29)14-13-21(25-27)19-9-5-3-6-10-19/h3-14H,2,15-18H2,1H3,(H,24,28). The van der Waals surface area contributed by atoms with E-state index < -0.39 is 0 Å². The van der Waals surface area contributed by atoms with Crippen molar-refractivity contribution in [2.24, 2.45) is 0 Å². The van der Waals surface area contributed by atoms with Crippen LogP contribution in [0.3, 0.4) is 0 Å². The molecule has 3 aromatic rings. The zero-order chi connectivity index (χ0) is 20.5. The van der Waals surface area contributed by atoms with Crippen molar-refractivity contribution in [3.8, 4) is 11.3 Å². The van der Waals surface area contributed by atoms with Crippen LogP contribution in [0.25, 0.3) is 11.3 Å². The van der Waals surface area contributed by atoms with Crippen LogP contribution in [0.2, 0.25) is 0 Å². The van der Waals surface area contributed by atoms with Crippen molar-refractivity contribution in [2.45, 2.75) is 19.9 Å². The van der Waals surface area contributed by atoms with Gasteiger partial charge in [0.1, 0.15) is 0 Å². The van der Waals surface area contributed by atoms with Crippen LogP contribution in [0.1, 0.15) is 13.3 Å². The summed E-state index contributed by atoms with van der Waals surface area (Å²) in [6.45, 7) is 4.49. The van der Waals surface area contributed by atoms with Crippen molar-refractivity contribution in [3.05, 3.63) is 83.2 Å². The van der Waals surface area contributed by atoms with Crippen LogP contribution >= 0.6 is 0 Å². The molecule has 1 amide bonds. The number of aromatic nitrogens is 2. The molecule has 2 aromatic carbocycles. The number of carbonyl (C=O) groups is 1. The van der Waals surface area contributed by atoms with Gasteiger partial charge in [0.25, 0.3) is 5.56 Å². The summed E-state index contributed by atoms with van der Waals surface area (Å²) in [5, 5.41) is 7.32. The van der Waals surface area contributed by atoms with Crippen molar-refractivity contribution < 1.29 is 4.79 Å². The summed E-state index contributed by atoms with van der Waals surface area (Å²) in [4.78, 5) is 26.5. The molecule has 0 aliphatic carbocycles. The average molecular weight is 390 g/mol. The monoisotopic (exact) mass is 390 g/mol. The number of benzene rings is 2. The van der Waals surface area contributed by atoms with E-state index in [-0.39, 0.29) is 24.4 Å². The second-order valence-electron chi connectivity index (χ2n) is 6.66. The quantitative estimate of drug-likeness (QED) is 0.610. The molecule has 0 radical (unpaired) electrons. The van der Waals surface area contributed by atoms with Crippen LogP contribution in [0.4, 0.5) is 5.69 Å². The highest BCUT2D eigenvalue weighted by atomic mass is 16.2. The van der Waals surface area contributed by atoms with E-state index >= 15 is 0 Å². The lowest BCUT2D eigenvalue weighted by Crippen LogP contribution is -2.35. The molecule has 1 aromatic heterocycles. The maximum absolute atomic E-state index is 12.2. The van der Waals surface area contributed by atoms with E-state index in [1.165, 1.54) is 10.7 Å². The molecule has 0 saturated heterocycles. The Kier molecular flexibility index (Phi) is 7.16. The number of aryl methyl sites for hydroxylation is 1. The van der Waals surface area contributed by atoms with Crippen LogP contribution in [0.15, 0.2) is 77.6 Å². The summed E-state index contributed by atoms with van der Waals surface area (Å²) in [6.07, 6.45) is 0.211. The minimum absolute atomic E-state index is 0.0899. The van der Waals surface area contributed by atoms with Crippen LogP contribution < -0.4 is 15.8 Å². The second kappa shape index (κ2) is 10.2. The SMILES string of the molecule is CCN(CCNC(=O)CCn1nc(-c2ccccc2)ccc1=O)c1ccccc1. The van der Waals surface area contributed by atoms with Crippen molar-refractivity contribution in [2.75, 3.05) is 24.5 Å². The minimum Gasteiger partial charge on any atom is -0.370 e. The van der Waals surface area contributed by atoms with E-state index in [1.807, 2.05) is 48.5 Å². The molecule has 0 unspecified atom stereocenters. The summed E-state index contributed by atoms with van der Waals surface area (Å²) in [5.74, 6) is -0.0899. The second-order valence-corrected chi connectivity index (χ2v) is 6.66. The fraction of sp³-hybridized carbons (Fsp3) is 0.261. The van der Waals surface area contributed by atoms with E-state index in [0.29, 0.717) is 12.2 Å². The maximum atomic E-state index is 12.2. The molecule has 150 valence electrons. The summed E-state index contributed by atoms with van der Waals surface area (Å²) in [6, 6.07) is 23.0. The molecule has 1 heterocycles. The van der Waals surface area contributed by atoms with Gasteiger partial charge in [-0.1, -0.05) is 48.5 Å².